The van der Waals surface area contributed by atoms with Gasteiger partial charge in [-0.3, -0.25) is 0 Å². The van der Waals surface area contributed by atoms with Crippen molar-refractivity contribution < 1.29 is 23.1 Å². The van der Waals surface area contributed by atoms with Crippen LogP contribution in [0.4, 0.5) is 4.79 Å². The second-order valence-electron chi connectivity index (χ2n) is 8.98. The van der Waals surface area contributed by atoms with Gasteiger partial charge in [-0.1, -0.05) is 25.8 Å². The SMILES string of the molecule is CCCNC(=O)N(C)C[C@@H]1Oc2cc(C#Cc3ccccn3)ccc2S(=O)(=O)N([C@@H](C)CO)C[C@@H]1C. The average molecular weight is 515 g/mol. The van der Waals surface area contributed by atoms with Crippen LogP contribution in [0.15, 0.2) is 47.5 Å². The molecule has 0 bridgehead atoms. The van der Waals surface area contributed by atoms with Gasteiger partial charge < -0.3 is 20.1 Å². The topological polar surface area (TPSA) is 112 Å². The third-order valence-corrected chi connectivity index (χ3v) is 8.01. The number of amides is 2. The quantitative estimate of drug-likeness (QED) is 0.572. The van der Waals surface area contributed by atoms with E-state index in [0.29, 0.717) is 17.8 Å². The highest BCUT2D eigenvalue weighted by molar-refractivity contribution is 7.89. The number of aliphatic hydroxyl groups excluding tert-OH is 1. The first-order valence-electron chi connectivity index (χ1n) is 12.0. The number of carbonyl (C=O) groups excluding carboxylic acids is 1. The Balaban J connectivity index is 2.01. The first-order valence-corrected chi connectivity index (χ1v) is 13.5. The summed E-state index contributed by atoms with van der Waals surface area (Å²) in [6, 6.07) is 9.28. The minimum atomic E-state index is -3.96. The van der Waals surface area contributed by atoms with E-state index in [1.807, 2.05) is 19.9 Å². The van der Waals surface area contributed by atoms with Gasteiger partial charge in [-0.2, -0.15) is 4.31 Å². The predicted octanol–water partition coefficient (Wildman–Crippen LogP) is 2.30. The molecule has 194 valence electrons. The van der Waals surface area contributed by atoms with E-state index in [1.54, 1.807) is 44.4 Å². The van der Waals surface area contributed by atoms with Gasteiger partial charge >= 0.3 is 6.03 Å². The van der Waals surface area contributed by atoms with E-state index in [1.165, 1.54) is 15.3 Å². The van der Waals surface area contributed by atoms with E-state index in [4.69, 9.17) is 4.74 Å². The molecule has 2 N–H and O–H groups in total. The molecule has 2 aromatic rings. The van der Waals surface area contributed by atoms with E-state index in [2.05, 4.69) is 22.1 Å². The van der Waals surface area contributed by atoms with Crippen molar-refractivity contribution in [3.8, 4) is 17.6 Å². The molecule has 1 aliphatic rings. The molecule has 36 heavy (non-hydrogen) atoms. The summed E-state index contributed by atoms with van der Waals surface area (Å²) in [6.45, 7) is 6.15. The fourth-order valence-corrected chi connectivity index (χ4v) is 5.64. The zero-order valence-electron chi connectivity index (χ0n) is 21.1. The standard InChI is InChI=1S/C26H34N4O5S/c1-5-13-28-26(32)29(4)17-24-19(2)16-30(20(3)18-31)36(33,34)25-12-10-21(15-23(25)35-24)9-11-22-8-6-7-14-27-22/h6-8,10,12,14-15,19-20,24,31H,5,13,16-18H2,1-4H3,(H,28,32)/t19-,20-,24-/m0/s1. The number of urea groups is 1. The van der Waals surface area contributed by atoms with Crippen LogP contribution in [0.1, 0.15) is 38.4 Å². The first kappa shape index (κ1) is 27.5. The van der Waals surface area contributed by atoms with Gasteiger partial charge in [-0.05, 0) is 49.6 Å². The Bertz CT molecular complexity index is 1210. The number of nitrogens with zero attached hydrogens (tertiary/aromatic N) is 3. The van der Waals surface area contributed by atoms with Gasteiger partial charge in [-0.15, -0.1) is 0 Å². The minimum absolute atomic E-state index is 0.00109. The molecule has 1 aromatic carbocycles. The Morgan fingerprint density at radius 3 is 2.78 bits per heavy atom. The Labute approximate surface area is 213 Å². The normalized spacial score (nSPS) is 19.9. The molecule has 3 atom stereocenters. The maximum atomic E-state index is 13.6. The fourth-order valence-electron chi connectivity index (χ4n) is 3.81. The van der Waals surface area contributed by atoms with Crippen molar-refractivity contribution in [2.75, 3.05) is 33.3 Å². The molecule has 1 aromatic heterocycles. The van der Waals surface area contributed by atoms with Crippen molar-refractivity contribution in [1.29, 1.82) is 0 Å². The van der Waals surface area contributed by atoms with Crippen LogP contribution >= 0.6 is 0 Å². The smallest absolute Gasteiger partial charge is 0.317 e. The summed E-state index contributed by atoms with van der Waals surface area (Å²) in [7, 11) is -2.28. The fraction of sp³-hybridized carbons (Fsp3) is 0.462. The van der Waals surface area contributed by atoms with Crippen LogP contribution in [0, 0.1) is 17.8 Å². The van der Waals surface area contributed by atoms with E-state index < -0.39 is 22.2 Å². The van der Waals surface area contributed by atoms with E-state index in [-0.39, 0.29) is 42.3 Å². The largest absolute Gasteiger partial charge is 0.487 e. The molecule has 1 aliphatic heterocycles. The predicted molar refractivity (Wildman–Crippen MR) is 137 cm³/mol. The maximum Gasteiger partial charge on any atom is 0.317 e. The van der Waals surface area contributed by atoms with E-state index in [0.717, 1.165) is 6.42 Å². The number of sulfonamides is 1. The minimum Gasteiger partial charge on any atom is -0.487 e. The highest BCUT2D eigenvalue weighted by Crippen LogP contribution is 2.34. The summed E-state index contributed by atoms with van der Waals surface area (Å²) in [4.78, 5) is 18.2. The molecule has 9 nitrogen and oxygen atoms in total. The van der Waals surface area contributed by atoms with Crippen LogP contribution in [0.2, 0.25) is 0 Å². The third-order valence-electron chi connectivity index (χ3n) is 5.99. The molecule has 10 heteroatoms. The molecule has 0 saturated carbocycles. The lowest BCUT2D eigenvalue weighted by molar-refractivity contribution is 0.0812. The Kier molecular flexibility index (Phi) is 9.31. The lowest BCUT2D eigenvalue weighted by Gasteiger charge is -2.37. The van der Waals surface area contributed by atoms with Crippen molar-refractivity contribution in [3.63, 3.8) is 0 Å². The molecule has 0 fully saturated rings. The summed E-state index contributed by atoms with van der Waals surface area (Å²) < 4.78 is 34.8. The number of aliphatic hydroxyl groups is 1. The lowest BCUT2D eigenvalue weighted by Crippen LogP contribution is -2.51. The molecular formula is C26H34N4O5S. The lowest BCUT2D eigenvalue weighted by atomic mass is 10.0. The molecular weight excluding hydrogens is 480 g/mol. The zero-order chi connectivity index (χ0) is 26.3. The van der Waals surface area contributed by atoms with Crippen molar-refractivity contribution in [3.05, 3.63) is 53.9 Å². The van der Waals surface area contributed by atoms with Gasteiger partial charge in [0, 0.05) is 43.9 Å². The Morgan fingerprint density at radius 2 is 2.11 bits per heavy atom. The number of fused-ring (bicyclic) bond motifs is 1. The zero-order valence-corrected chi connectivity index (χ0v) is 22.0. The number of hydrogen-bond donors (Lipinski definition) is 2. The van der Waals surface area contributed by atoms with Crippen molar-refractivity contribution in [2.45, 2.75) is 44.2 Å². The summed E-state index contributed by atoms with van der Waals surface area (Å²) in [5.41, 5.74) is 1.16. The van der Waals surface area contributed by atoms with Gasteiger partial charge in [0.2, 0.25) is 10.0 Å². The summed E-state index contributed by atoms with van der Waals surface area (Å²) in [6.07, 6.45) is 1.97. The van der Waals surface area contributed by atoms with Crippen LogP contribution in [0.3, 0.4) is 0 Å². The van der Waals surface area contributed by atoms with Gasteiger partial charge in [0.1, 0.15) is 22.4 Å². The van der Waals surface area contributed by atoms with Crippen LogP contribution in [0.5, 0.6) is 5.75 Å². The van der Waals surface area contributed by atoms with Crippen molar-refractivity contribution >= 4 is 16.1 Å². The molecule has 2 amide bonds. The van der Waals surface area contributed by atoms with Crippen LogP contribution in [-0.2, 0) is 10.0 Å². The van der Waals surface area contributed by atoms with Crippen molar-refractivity contribution in [1.82, 2.24) is 19.5 Å². The number of aromatic nitrogens is 1. The van der Waals surface area contributed by atoms with Crippen molar-refractivity contribution in [2.24, 2.45) is 5.92 Å². The number of ether oxygens (including phenoxy) is 1. The number of rotatable bonds is 6. The Morgan fingerprint density at radius 1 is 1.33 bits per heavy atom. The first-order chi connectivity index (χ1) is 17.2. The monoisotopic (exact) mass is 514 g/mol. The molecule has 0 aliphatic carbocycles. The van der Waals surface area contributed by atoms with Crippen LogP contribution in [0.25, 0.3) is 0 Å². The second kappa shape index (κ2) is 12.2. The number of carbonyl (C=O) groups is 1. The summed E-state index contributed by atoms with van der Waals surface area (Å²) in [5.74, 6) is 5.87. The molecule has 0 spiro atoms. The molecule has 0 unspecified atom stereocenters. The van der Waals surface area contributed by atoms with Gasteiger partial charge in [0.25, 0.3) is 0 Å². The highest BCUT2D eigenvalue weighted by atomic mass is 32.2. The summed E-state index contributed by atoms with van der Waals surface area (Å²) in [5, 5.41) is 12.6. The number of pyridine rings is 1. The van der Waals surface area contributed by atoms with Gasteiger partial charge in [-0.25, -0.2) is 18.2 Å². The average Bonchev–Trinajstić information content (AvgIpc) is 2.88. The number of nitrogens with one attached hydrogen (secondary N) is 1. The molecule has 3 rings (SSSR count). The number of benzene rings is 1. The maximum absolute atomic E-state index is 13.6. The number of likely N-dealkylation sites (N-methyl/N-ethyl adjacent to an activating group) is 1. The summed E-state index contributed by atoms with van der Waals surface area (Å²) >= 11 is 0. The van der Waals surface area contributed by atoms with Gasteiger partial charge in [0.15, 0.2) is 0 Å². The third kappa shape index (κ3) is 6.55. The molecule has 0 saturated heterocycles. The van der Waals surface area contributed by atoms with Crippen LogP contribution in [-0.4, -0.2) is 79.2 Å². The molecule has 2 heterocycles. The van der Waals surface area contributed by atoms with Crippen LogP contribution < -0.4 is 10.1 Å². The molecule has 0 radical (unpaired) electrons. The Hall–Kier alpha value is -3.13. The van der Waals surface area contributed by atoms with E-state index in [9.17, 15) is 18.3 Å². The number of hydrogen-bond acceptors (Lipinski definition) is 6. The van der Waals surface area contributed by atoms with Gasteiger partial charge in [0.05, 0.1) is 13.2 Å². The van der Waals surface area contributed by atoms with E-state index >= 15 is 0 Å². The second-order valence-corrected chi connectivity index (χ2v) is 10.8. The highest BCUT2D eigenvalue weighted by Gasteiger charge is 2.38.